The lowest BCUT2D eigenvalue weighted by Gasteiger charge is -2.21. The van der Waals surface area contributed by atoms with Gasteiger partial charge < -0.3 is 19.5 Å². The van der Waals surface area contributed by atoms with Crippen molar-refractivity contribution in [3.63, 3.8) is 0 Å². The Morgan fingerprint density at radius 2 is 1.85 bits per heavy atom. The molecule has 3 aromatic rings. The zero-order valence-electron chi connectivity index (χ0n) is 18.2. The van der Waals surface area contributed by atoms with Gasteiger partial charge in [0.2, 0.25) is 0 Å². The maximum atomic E-state index is 12.6. The number of thiophene rings is 1. The minimum absolute atomic E-state index is 0.169. The first kappa shape index (κ1) is 22.9. The number of carbonyl (C=O) groups excluding carboxylic acids is 1. The van der Waals surface area contributed by atoms with Crippen LogP contribution in [0.15, 0.2) is 64.2 Å². The molecule has 1 aromatic heterocycles. The molecule has 0 saturated heterocycles. The summed E-state index contributed by atoms with van der Waals surface area (Å²) < 4.78 is 43.4. The number of rotatable bonds is 8. The Labute approximate surface area is 196 Å². The van der Waals surface area contributed by atoms with Gasteiger partial charge in [-0.2, -0.15) is 0 Å². The van der Waals surface area contributed by atoms with Crippen molar-refractivity contribution in [2.24, 2.45) is 0 Å². The van der Waals surface area contributed by atoms with E-state index in [1.165, 1.54) is 22.7 Å². The lowest BCUT2D eigenvalue weighted by molar-refractivity contribution is -0.123. The number of hydrogen-bond donors (Lipinski definition) is 1. The number of nitrogens with zero attached hydrogens (tertiary/aromatic N) is 1. The van der Waals surface area contributed by atoms with Gasteiger partial charge in [0.25, 0.3) is 15.9 Å². The fourth-order valence-corrected chi connectivity index (χ4v) is 5.64. The number of nitrogens with one attached hydrogen (secondary N) is 1. The average molecular weight is 489 g/mol. The standard InChI is InChI=1S/C23H24N2O6S2/c1-16(17-5-10-20-21(14-17)30-12-11-29-20)24-22(26)15-31-19-8-6-18(7-9-19)25(2)33(27,28)23-4-3-13-32-23/h3-10,13-14,16H,11-12,15H2,1-2H3,(H,24,26)/t16-/m0/s1. The van der Waals surface area contributed by atoms with Crippen molar-refractivity contribution in [1.29, 1.82) is 0 Å². The van der Waals surface area contributed by atoms with Crippen LogP contribution in [-0.4, -0.2) is 41.2 Å². The van der Waals surface area contributed by atoms with Crippen LogP contribution in [0.3, 0.4) is 0 Å². The maximum Gasteiger partial charge on any atom is 0.273 e. The summed E-state index contributed by atoms with van der Waals surface area (Å²) in [6.07, 6.45) is 0. The van der Waals surface area contributed by atoms with Gasteiger partial charge in [-0.3, -0.25) is 9.10 Å². The third-order valence-electron chi connectivity index (χ3n) is 5.12. The molecule has 0 radical (unpaired) electrons. The largest absolute Gasteiger partial charge is 0.486 e. The van der Waals surface area contributed by atoms with E-state index < -0.39 is 10.0 Å². The van der Waals surface area contributed by atoms with Crippen LogP contribution in [0.4, 0.5) is 5.69 Å². The molecule has 1 N–H and O–H groups in total. The van der Waals surface area contributed by atoms with Crippen LogP contribution in [0.5, 0.6) is 17.2 Å². The Bertz CT molecular complexity index is 1210. The molecular formula is C23H24N2O6S2. The molecule has 4 rings (SSSR count). The van der Waals surface area contributed by atoms with Gasteiger partial charge in [-0.05, 0) is 60.3 Å². The van der Waals surface area contributed by atoms with Crippen molar-refractivity contribution < 1.29 is 27.4 Å². The van der Waals surface area contributed by atoms with Crippen molar-refractivity contribution in [3.05, 3.63) is 65.5 Å². The lowest BCUT2D eigenvalue weighted by atomic mass is 10.1. The molecular weight excluding hydrogens is 464 g/mol. The monoisotopic (exact) mass is 488 g/mol. The summed E-state index contributed by atoms with van der Waals surface area (Å²) in [7, 11) is -2.11. The first-order chi connectivity index (χ1) is 15.8. The highest BCUT2D eigenvalue weighted by atomic mass is 32.2. The van der Waals surface area contributed by atoms with E-state index in [1.54, 1.807) is 41.8 Å². The summed E-state index contributed by atoms with van der Waals surface area (Å²) in [5.41, 5.74) is 1.39. The highest BCUT2D eigenvalue weighted by molar-refractivity contribution is 7.94. The van der Waals surface area contributed by atoms with E-state index in [2.05, 4.69) is 5.32 Å². The van der Waals surface area contributed by atoms with Crippen molar-refractivity contribution in [1.82, 2.24) is 5.32 Å². The van der Waals surface area contributed by atoms with E-state index >= 15 is 0 Å². The Kier molecular flexibility index (Phi) is 6.75. The van der Waals surface area contributed by atoms with Gasteiger partial charge >= 0.3 is 0 Å². The first-order valence-corrected chi connectivity index (χ1v) is 12.6. The molecule has 0 fully saturated rings. The summed E-state index contributed by atoms with van der Waals surface area (Å²) in [5, 5.41) is 4.61. The Morgan fingerprint density at radius 3 is 2.55 bits per heavy atom. The molecule has 2 heterocycles. The van der Waals surface area contributed by atoms with Gasteiger partial charge in [-0.1, -0.05) is 12.1 Å². The van der Waals surface area contributed by atoms with E-state index in [0.717, 1.165) is 5.56 Å². The minimum Gasteiger partial charge on any atom is -0.486 e. The zero-order chi connectivity index (χ0) is 23.4. The van der Waals surface area contributed by atoms with Crippen LogP contribution in [0.2, 0.25) is 0 Å². The predicted molar refractivity (Wildman–Crippen MR) is 126 cm³/mol. The molecule has 1 aliphatic rings. The van der Waals surface area contributed by atoms with Gasteiger partial charge in [-0.25, -0.2) is 8.42 Å². The quantitative estimate of drug-likeness (QED) is 0.521. The average Bonchev–Trinajstić information content (AvgIpc) is 3.38. The highest BCUT2D eigenvalue weighted by Crippen LogP contribution is 2.32. The lowest BCUT2D eigenvalue weighted by Crippen LogP contribution is -2.31. The number of carbonyl (C=O) groups is 1. The zero-order valence-corrected chi connectivity index (χ0v) is 19.8. The normalized spacial score (nSPS) is 13.8. The summed E-state index contributed by atoms with van der Waals surface area (Å²) in [4.78, 5) is 12.3. The van der Waals surface area contributed by atoms with E-state index in [-0.39, 0.29) is 22.8 Å². The number of fused-ring (bicyclic) bond motifs is 1. The first-order valence-electron chi connectivity index (χ1n) is 10.3. The summed E-state index contributed by atoms with van der Waals surface area (Å²) in [6.45, 7) is 2.73. The second kappa shape index (κ2) is 9.72. The second-order valence-corrected chi connectivity index (χ2v) is 10.5. The number of amides is 1. The summed E-state index contributed by atoms with van der Waals surface area (Å²) >= 11 is 1.17. The van der Waals surface area contributed by atoms with Gasteiger partial charge in [0.15, 0.2) is 18.1 Å². The van der Waals surface area contributed by atoms with Crippen molar-refractivity contribution >= 4 is 33.0 Å². The van der Waals surface area contributed by atoms with E-state index in [1.807, 2.05) is 25.1 Å². The molecule has 8 nitrogen and oxygen atoms in total. The third-order valence-corrected chi connectivity index (χ3v) is 8.28. The summed E-state index contributed by atoms with van der Waals surface area (Å²) in [6, 6.07) is 15.1. The minimum atomic E-state index is -3.60. The smallest absolute Gasteiger partial charge is 0.273 e. The molecule has 0 spiro atoms. The third kappa shape index (κ3) is 5.23. The number of ether oxygens (including phenoxy) is 3. The molecule has 2 aromatic carbocycles. The molecule has 0 saturated carbocycles. The van der Waals surface area contributed by atoms with Crippen LogP contribution in [-0.2, 0) is 14.8 Å². The Hall–Kier alpha value is -3.24. The maximum absolute atomic E-state index is 12.6. The van der Waals surface area contributed by atoms with Crippen molar-refractivity contribution in [2.45, 2.75) is 17.2 Å². The number of benzene rings is 2. The fourth-order valence-electron chi connectivity index (χ4n) is 3.28. The SMILES string of the molecule is C[C@H](NC(=O)COc1ccc(N(C)S(=O)(=O)c2cccs2)cc1)c1ccc2c(c1)OCCO2. The molecule has 174 valence electrons. The second-order valence-electron chi connectivity index (χ2n) is 7.38. The van der Waals surface area contributed by atoms with Crippen LogP contribution < -0.4 is 23.8 Å². The molecule has 0 bridgehead atoms. The van der Waals surface area contributed by atoms with Gasteiger partial charge in [0.05, 0.1) is 11.7 Å². The van der Waals surface area contributed by atoms with Crippen molar-refractivity contribution in [2.75, 3.05) is 31.2 Å². The van der Waals surface area contributed by atoms with E-state index in [9.17, 15) is 13.2 Å². The topological polar surface area (TPSA) is 94.2 Å². The molecule has 1 atom stereocenters. The molecule has 1 amide bonds. The van der Waals surface area contributed by atoms with Gasteiger partial charge in [0, 0.05) is 7.05 Å². The van der Waals surface area contributed by atoms with E-state index in [4.69, 9.17) is 14.2 Å². The van der Waals surface area contributed by atoms with Crippen LogP contribution in [0, 0.1) is 0 Å². The Morgan fingerprint density at radius 1 is 1.12 bits per heavy atom. The molecule has 0 unspecified atom stereocenters. The summed E-state index contributed by atoms with van der Waals surface area (Å²) in [5.74, 6) is 1.55. The number of hydrogen-bond acceptors (Lipinski definition) is 7. The fraction of sp³-hybridized carbons (Fsp3) is 0.261. The molecule has 33 heavy (non-hydrogen) atoms. The number of anilines is 1. The van der Waals surface area contributed by atoms with Gasteiger partial charge in [-0.15, -0.1) is 11.3 Å². The molecule has 0 aliphatic carbocycles. The molecule has 10 heteroatoms. The molecule has 1 aliphatic heterocycles. The number of sulfonamides is 1. The van der Waals surface area contributed by atoms with Gasteiger partial charge in [0.1, 0.15) is 23.2 Å². The Balaban J connectivity index is 1.31. The van der Waals surface area contributed by atoms with Crippen molar-refractivity contribution in [3.8, 4) is 17.2 Å². The highest BCUT2D eigenvalue weighted by Gasteiger charge is 2.22. The van der Waals surface area contributed by atoms with E-state index in [0.29, 0.717) is 36.1 Å². The van der Waals surface area contributed by atoms with Crippen LogP contribution in [0.1, 0.15) is 18.5 Å². The van der Waals surface area contributed by atoms with Crippen LogP contribution in [0.25, 0.3) is 0 Å². The van der Waals surface area contributed by atoms with Crippen LogP contribution >= 0.6 is 11.3 Å². The predicted octanol–water partition coefficient (Wildman–Crippen LogP) is 3.60.